The average molecular weight is 453 g/mol. The molecule has 0 saturated carbocycles. The van der Waals surface area contributed by atoms with Gasteiger partial charge in [-0.1, -0.05) is 35.5 Å². The van der Waals surface area contributed by atoms with Gasteiger partial charge in [0.25, 0.3) is 5.91 Å². The molecule has 1 N–H and O–H groups in total. The number of pyridine rings is 1. The molecule has 0 saturated heterocycles. The molecule has 0 spiro atoms. The third-order valence-corrected chi connectivity index (χ3v) is 5.32. The summed E-state index contributed by atoms with van der Waals surface area (Å²) in [4.78, 5) is 35.0. The molecule has 4 rings (SSSR count). The van der Waals surface area contributed by atoms with Gasteiger partial charge in [0.1, 0.15) is 17.3 Å². The highest BCUT2D eigenvalue weighted by Crippen LogP contribution is 2.31. The highest BCUT2D eigenvalue weighted by atomic mass is 19.1. The quantitative estimate of drug-likeness (QED) is 0.553. The maximum absolute atomic E-state index is 14.2. The molecule has 33 heavy (non-hydrogen) atoms. The minimum atomic E-state index is -1.60. The topological polar surface area (TPSA) is 89.9 Å². The van der Waals surface area contributed by atoms with Crippen LogP contribution in [-0.2, 0) is 20.8 Å². The number of carbonyl (C=O) groups excluding carboxylic acids is 2. The summed E-state index contributed by atoms with van der Waals surface area (Å²) in [5.74, 6) is -2.65. The maximum Gasteiger partial charge on any atom is 0.354 e. The predicted octanol–water partition coefficient (Wildman–Crippen LogP) is 3.56. The van der Waals surface area contributed by atoms with Crippen LogP contribution < -0.4 is 5.32 Å². The van der Waals surface area contributed by atoms with Crippen molar-refractivity contribution in [2.45, 2.75) is 25.4 Å². The minimum absolute atomic E-state index is 0.00319. The number of ether oxygens (including phenoxy) is 1. The molecular weight excluding hydrogens is 432 g/mol. The van der Waals surface area contributed by atoms with E-state index in [-0.39, 0.29) is 37.3 Å². The average Bonchev–Trinajstić information content (AvgIpc) is 3.23. The van der Waals surface area contributed by atoms with Gasteiger partial charge < -0.3 is 14.9 Å². The molecule has 1 unspecified atom stereocenters. The van der Waals surface area contributed by atoms with Crippen molar-refractivity contribution in [3.63, 3.8) is 0 Å². The number of nitrogens with one attached hydrogen (secondary N) is 1. The zero-order chi connectivity index (χ0) is 23.4. The lowest BCUT2D eigenvalue weighted by atomic mass is 9.89. The zero-order valence-corrected chi connectivity index (χ0v) is 17.8. The van der Waals surface area contributed by atoms with Gasteiger partial charge in [0.15, 0.2) is 0 Å². The van der Waals surface area contributed by atoms with Gasteiger partial charge in [0, 0.05) is 30.5 Å². The van der Waals surface area contributed by atoms with Crippen LogP contribution in [0.3, 0.4) is 0 Å². The van der Waals surface area contributed by atoms with E-state index >= 15 is 0 Å². The van der Waals surface area contributed by atoms with Crippen LogP contribution in [-0.4, -0.2) is 41.3 Å². The Labute approximate surface area is 188 Å². The van der Waals surface area contributed by atoms with Crippen molar-refractivity contribution in [2.75, 3.05) is 13.2 Å². The molecule has 0 aliphatic carbocycles. The van der Waals surface area contributed by atoms with E-state index in [4.69, 9.17) is 9.57 Å². The fourth-order valence-corrected chi connectivity index (χ4v) is 3.72. The summed E-state index contributed by atoms with van der Waals surface area (Å²) in [6.45, 7) is 1.73. The Kier molecular flexibility index (Phi) is 6.30. The number of rotatable bonds is 7. The number of hydrogen-bond donors (Lipinski definition) is 1. The van der Waals surface area contributed by atoms with E-state index in [0.717, 1.165) is 17.5 Å². The first-order valence-electron chi connectivity index (χ1n) is 10.4. The van der Waals surface area contributed by atoms with Crippen LogP contribution in [0.15, 0.2) is 59.9 Å². The first kappa shape index (κ1) is 22.3. The van der Waals surface area contributed by atoms with E-state index in [0.29, 0.717) is 11.1 Å². The number of fused-ring (bicyclic) bond motifs is 1. The van der Waals surface area contributed by atoms with Gasteiger partial charge in [-0.2, -0.15) is 0 Å². The second kappa shape index (κ2) is 9.32. The van der Waals surface area contributed by atoms with Crippen LogP contribution >= 0.6 is 0 Å². The van der Waals surface area contributed by atoms with E-state index in [1.165, 1.54) is 6.07 Å². The Hall–Kier alpha value is -3.88. The normalized spacial score (nSPS) is 17.4. The summed E-state index contributed by atoms with van der Waals surface area (Å²) in [6.07, 6.45) is 1.33. The Bertz CT molecular complexity index is 1240. The molecule has 1 aliphatic rings. The number of aromatic nitrogens is 1. The van der Waals surface area contributed by atoms with E-state index < -0.39 is 29.1 Å². The monoisotopic (exact) mass is 453 g/mol. The molecule has 0 bridgehead atoms. The van der Waals surface area contributed by atoms with Crippen molar-refractivity contribution in [3.8, 4) is 0 Å². The van der Waals surface area contributed by atoms with Gasteiger partial charge in [-0.3, -0.25) is 9.78 Å². The zero-order valence-electron chi connectivity index (χ0n) is 17.8. The minimum Gasteiger partial charge on any atom is -0.463 e. The molecule has 2 aromatic carbocycles. The Balaban J connectivity index is 1.48. The number of halogens is 2. The van der Waals surface area contributed by atoms with Gasteiger partial charge >= 0.3 is 5.97 Å². The number of esters is 1. The SMILES string of the molecule is CCOC(=O)C1(Cc2ccc(F)cc2F)CC(CNC(=O)c2nccc3ccccc23)=NO1. The number of benzene rings is 2. The van der Waals surface area contributed by atoms with Crippen LogP contribution in [0.5, 0.6) is 0 Å². The molecule has 170 valence electrons. The highest BCUT2D eigenvalue weighted by molar-refractivity contribution is 6.06. The molecule has 1 atom stereocenters. The predicted molar refractivity (Wildman–Crippen MR) is 117 cm³/mol. The smallest absolute Gasteiger partial charge is 0.354 e. The fraction of sp³-hybridized carbons (Fsp3) is 0.250. The third kappa shape index (κ3) is 4.67. The summed E-state index contributed by atoms with van der Waals surface area (Å²) >= 11 is 0. The van der Waals surface area contributed by atoms with Crippen molar-refractivity contribution in [1.29, 1.82) is 0 Å². The Morgan fingerprint density at radius 2 is 2.00 bits per heavy atom. The molecule has 1 amide bonds. The molecule has 0 radical (unpaired) electrons. The van der Waals surface area contributed by atoms with Crippen molar-refractivity contribution in [1.82, 2.24) is 10.3 Å². The first-order valence-corrected chi connectivity index (χ1v) is 10.4. The van der Waals surface area contributed by atoms with Gasteiger partial charge in [-0.25, -0.2) is 13.6 Å². The lowest BCUT2D eigenvalue weighted by Gasteiger charge is -2.24. The van der Waals surface area contributed by atoms with Gasteiger partial charge in [0.05, 0.1) is 18.9 Å². The van der Waals surface area contributed by atoms with Gasteiger partial charge in [-0.15, -0.1) is 0 Å². The van der Waals surface area contributed by atoms with Crippen molar-refractivity contribution < 1.29 is 27.9 Å². The third-order valence-electron chi connectivity index (χ3n) is 5.32. The van der Waals surface area contributed by atoms with E-state index in [2.05, 4.69) is 15.5 Å². The summed E-state index contributed by atoms with van der Waals surface area (Å²) in [5, 5.41) is 8.26. The van der Waals surface area contributed by atoms with Gasteiger partial charge in [-0.05, 0) is 30.0 Å². The van der Waals surface area contributed by atoms with Crippen LogP contribution in [0.2, 0.25) is 0 Å². The van der Waals surface area contributed by atoms with E-state index in [1.54, 1.807) is 19.2 Å². The molecule has 9 heteroatoms. The van der Waals surface area contributed by atoms with Crippen molar-refractivity contribution in [2.24, 2.45) is 5.16 Å². The summed E-state index contributed by atoms with van der Waals surface area (Å²) in [5.41, 5.74) is -0.881. The van der Waals surface area contributed by atoms with Crippen LogP contribution in [0.4, 0.5) is 8.78 Å². The van der Waals surface area contributed by atoms with Crippen molar-refractivity contribution in [3.05, 3.63) is 77.6 Å². The van der Waals surface area contributed by atoms with Crippen LogP contribution in [0.25, 0.3) is 10.8 Å². The molecule has 3 aromatic rings. The number of nitrogens with zero attached hydrogens (tertiary/aromatic N) is 2. The summed E-state index contributed by atoms with van der Waals surface area (Å²) < 4.78 is 32.6. The largest absolute Gasteiger partial charge is 0.463 e. The molecule has 7 nitrogen and oxygen atoms in total. The Morgan fingerprint density at radius 1 is 1.18 bits per heavy atom. The molecule has 0 fully saturated rings. The highest BCUT2D eigenvalue weighted by Gasteiger charge is 2.48. The Morgan fingerprint density at radius 3 is 2.79 bits per heavy atom. The second-order valence-electron chi connectivity index (χ2n) is 7.62. The van der Waals surface area contributed by atoms with Crippen LogP contribution in [0, 0.1) is 11.6 Å². The summed E-state index contributed by atoms with van der Waals surface area (Å²) in [6, 6.07) is 12.3. The fourth-order valence-electron chi connectivity index (χ4n) is 3.72. The number of carbonyl (C=O) groups is 2. The van der Waals surface area contributed by atoms with E-state index in [9.17, 15) is 18.4 Å². The number of hydrogen-bond acceptors (Lipinski definition) is 6. The molecular formula is C24H21F2N3O4. The lowest BCUT2D eigenvalue weighted by molar-refractivity contribution is -0.169. The second-order valence-corrected chi connectivity index (χ2v) is 7.62. The standard InChI is InChI=1S/C24H21F2N3O4/c1-2-32-23(31)24(12-16-7-8-17(25)11-20(16)26)13-18(29-33-24)14-28-22(30)21-19-6-4-3-5-15(19)9-10-27-21/h3-11H,2,12-14H2,1H3,(H,28,30). The number of amides is 1. The molecule has 1 aliphatic heterocycles. The lowest BCUT2D eigenvalue weighted by Crippen LogP contribution is -2.44. The van der Waals surface area contributed by atoms with Gasteiger partial charge in [0.2, 0.25) is 5.60 Å². The van der Waals surface area contributed by atoms with Crippen molar-refractivity contribution >= 4 is 28.4 Å². The number of oxime groups is 1. The molecule has 1 aromatic heterocycles. The maximum atomic E-state index is 14.2. The first-order chi connectivity index (χ1) is 15.9. The van der Waals surface area contributed by atoms with Crippen LogP contribution in [0.1, 0.15) is 29.4 Å². The molecule has 2 heterocycles. The summed E-state index contributed by atoms with van der Waals surface area (Å²) in [7, 11) is 0. The van der Waals surface area contributed by atoms with E-state index in [1.807, 2.05) is 24.3 Å².